The van der Waals surface area contributed by atoms with Crippen molar-refractivity contribution in [3.8, 4) is 0 Å². The number of fused-ring (bicyclic) bond motifs is 3. The van der Waals surface area contributed by atoms with Crippen molar-refractivity contribution >= 4 is 33.3 Å². The average molecular weight is 415 g/mol. The second kappa shape index (κ2) is 8.99. The molecule has 1 saturated heterocycles. The van der Waals surface area contributed by atoms with Gasteiger partial charge in [0.2, 0.25) is 5.91 Å². The second-order valence-corrected chi connectivity index (χ2v) is 10.0. The Balaban J connectivity index is 1.62. The van der Waals surface area contributed by atoms with Crippen molar-refractivity contribution in [1.82, 2.24) is 14.9 Å². The highest BCUT2D eigenvalue weighted by molar-refractivity contribution is 7.19. The van der Waals surface area contributed by atoms with Crippen LogP contribution in [0.2, 0.25) is 0 Å². The first-order valence-corrected chi connectivity index (χ1v) is 12.2. The number of aromatic nitrogens is 2. The van der Waals surface area contributed by atoms with Crippen molar-refractivity contribution in [2.45, 2.75) is 72.1 Å². The van der Waals surface area contributed by atoms with Gasteiger partial charge in [-0.05, 0) is 43.6 Å². The molecule has 2 aromatic rings. The smallest absolute Gasteiger partial charge is 0.222 e. The van der Waals surface area contributed by atoms with Gasteiger partial charge in [-0.1, -0.05) is 27.2 Å². The Bertz CT molecular complexity index is 867. The summed E-state index contributed by atoms with van der Waals surface area (Å²) in [6, 6.07) is 0. The molecule has 0 unspecified atom stereocenters. The van der Waals surface area contributed by atoms with Crippen molar-refractivity contribution in [3.63, 3.8) is 0 Å². The van der Waals surface area contributed by atoms with E-state index < -0.39 is 0 Å². The van der Waals surface area contributed by atoms with Gasteiger partial charge in [0.1, 0.15) is 16.5 Å². The van der Waals surface area contributed by atoms with Gasteiger partial charge < -0.3 is 9.80 Å². The molecule has 3 heterocycles. The van der Waals surface area contributed by atoms with Crippen molar-refractivity contribution < 1.29 is 4.79 Å². The molecular formula is C23H34N4OS. The molecule has 0 radical (unpaired) electrons. The number of thiophene rings is 1. The van der Waals surface area contributed by atoms with Gasteiger partial charge >= 0.3 is 0 Å². The summed E-state index contributed by atoms with van der Waals surface area (Å²) in [5.74, 6) is 2.84. The van der Waals surface area contributed by atoms with Crippen LogP contribution in [0.4, 0.5) is 5.82 Å². The first-order chi connectivity index (χ1) is 14.1. The zero-order valence-corrected chi connectivity index (χ0v) is 19.0. The molecule has 0 bridgehead atoms. The number of hydrogen-bond acceptors (Lipinski definition) is 5. The highest BCUT2D eigenvalue weighted by atomic mass is 32.1. The molecule has 2 aromatic heterocycles. The number of rotatable bonds is 6. The van der Waals surface area contributed by atoms with Crippen LogP contribution in [0.3, 0.4) is 0 Å². The summed E-state index contributed by atoms with van der Waals surface area (Å²) < 4.78 is 0. The van der Waals surface area contributed by atoms with Gasteiger partial charge in [-0.25, -0.2) is 9.97 Å². The van der Waals surface area contributed by atoms with E-state index >= 15 is 0 Å². The lowest BCUT2D eigenvalue weighted by atomic mass is 9.96. The monoisotopic (exact) mass is 414 g/mol. The Hall–Kier alpha value is -1.69. The van der Waals surface area contributed by atoms with Crippen molar-refractivity contribution in [2.75, 3.05) is 31.1 Å². The van der Waals surface area contributed by atoms with Crippen LogP contribution >= 0.6 is 11.3 Å². The number of unbranched alkanes of at least 4 members (excludes halogenated alkanes) is 1. The normalized spacial score (nSPS) is 17.2. The quantitative estimate of drug-likeness (QED) is 0.693. The van der Waals surface area contributed by atoms with E-state index in [4.69, 9.17) is 9.97 Å². The number of nitrogens with zero attached hydrogens (tertiary/aromatic N) is 4. The first-order valence-electron chi connectivity index (χ1n) is 11.4. The summed E-state index contributed by atoms with van der Waals surface area (Å²) in [4.78, 5) is 29.7. The van der Waals surface area contributed by atoms with Gasteiger partial charge in [0.15, 0.2) is 0 Å². The van der Waals surface area contributed by atoms with Crippen molar-refractivity contribution in [1.29, 1.82) is 0 Å². The topological polar surface area (TPSA) is 49.3 Å². The Kier molecular flexibility index (Phi) is 6.38. The summed E-state index contributed by atoms with van der Waals surface area (Å²) in [6.45, 7) is 9.78. The van der Waals surface area contributed by atoms with Crippen LogP contribution in [-0.2, 0) is 24.1 Å². The number of carbonyl (C=O) groups excluding carboxylic acids is 1. The van der Waals surface area contributed by atoms with Crippen LogP contribution in [0.5, 0.6) is 0 Å². The minimum Gasteiger partial charge on any atom is -0.352 e. The van der Waals surface area contributed by atoms with E-state index in [1.54, 1.807) is 0 Å². The first kappa shape index (κ1) is 20.6. The van der Waals surface area contributed by atoms with E-state index in [0.29, 0.717) is 18.2 Å². The van der Waals surface area contributed by atoms with E-state index in [9.17, 15) is 4.79 Å². The number of aryl methyl sites for hydroxylation is 3. The van der Waals surface area contributed by atoms with Crippen LogP contribution in [0.1, 0.15) is 69.1 Å². The fourth-order valence-electron chi connectivity index (χ4n) is 4.50. The molecule has 5 nitrogen and oxygen atoms in total. The Morgan fingerprint density at radius 1 is 1.10 bits per heavy atom. The fourth-order valence-corrected chi connectivity index (χ4v) is 5.78. The molecule has 1 aliphatic carbocycles. The lowest BCUT2D eigenvalue weighted by molar-refractivity contribution is -0.132. The van der Waals surface area contributed by atoms with E-state index in [0.717, 1.165) is 63.5 Å². The van der Waals surface area contributed by atoms with Crippen LogP contribution < -0.4 is 4.90 Å². The van der Waals surface area contributed by atoms with Gasteiger partial charge in [0.05, 0.1) is 5.39 Å². The van der Waals surface area contributed by atoms with Crippen molar-refractivity contribution in [3.05, 3.63) is 16.3 Å². The molecule has 0 spiro atoms. The zero-order chi connectivity index (χ0) is 20.4. The Labute approximate surface area is 178 Å². The molecule has 2 aliphatic rings. The fraction of sp³-hybridized carbons (Fsp3) is 0.696. The third kappa shape index (κ3) is 4.42. The number of carbonyl (C=O) groups is 1. The third-order valence-electron chi connectivity index (χ3n) is 6.11. The van der Waals surface area contributed by atoms with Crippen LogP contribution in [-0.4, -0.2) is 47.0 Å². The predicted octanol–water partition coefficient (Wildman–Crippen LogP) is 4.61. The largest absolute Gasteiger partial charge is 0.352 e. The highest BCUT2D eigenvalue weighted by Crippen LogP contribution is 2.40. The number of hydrogen-bond donors (Lipinski definition) is 0. The molecular weight excluding hydrogens is 380 g/mol. The average Bonchev–Trinajstić information content (AvgIpc) is 3.09. The lowest BCUT2D eigenvalue weighted by Gasteiger charge is -2.36. The second-order valence-electron chi connectivity index (χ2n) is 8.92. The number of anilines is 1. The number of piperazine rings is 1. The van der Waals surface area contributed by atoms with Crippen LogP contribution in [0, 0.1) is 5.92 Å². The maximum Gasteiger partial charge on any atom is 0.222 e. The van der Waals surface area contributed by atoms with E-state index in [2.05, 4.69) is 25.7 Å². The van der Waals surface area contributed by atoms with Gasteiger partial charge in [0.25, 0.3) is 0 Å². The van der Waals surface area contributed by atoms with Gasteiger partial charge in [-0.2, -0.15) is 0 Å². The number of amides is 1. The molecule has 1 amide bonds. The van der Waals surface area contributed by atoms with Gasteiger partial charge in [-0.15, -0.1) is 11.3 Å². The molecule has 29 heavy (non-hydrogen) atoms. The van der Waals surface area contributed by atoms with E-state index in [1.807, 2.05) is 16.2 Å². The zero-order valence-electron chi connectivity index (χ0n) is 18.2. The molecule has 0 aromatic carbocycles. The maximum atomic E-state index is 12.5. The third-order valence-corrected chi connectivity index (χ3v) is 7.30. The van der Waals surface area contributed by atoms with E-state index in [1.165, 1.54) is 39.9 Å². The summed E-state index contributed by atoms with van der Waals surface area (Å²) >= 11 is 1.90. The SMILES string of the molecule is CCCCc1nc(N2CCN(C(=O)CC(C)C)CC2)c2c3c(sc2n1)CCCC3. The highest BCUT2D eigenvalue weighted by Gasteiger charge is 2.27. The van der Waals surface area contributed by atoms with Crippen LogP contribution in [0.25, 0.3) is 10.2 Å². The molecule has 1 aliphatic heterocycles. The van der Waals surface area contributed by atoms with Crippen molar-refractivity contribution in [2.24, 2.45) is 5.92 Å². The molecule has 0 atom stereocenters. The van der Waals surface area contributed by atoms with E-state index in [-0.39, 0.29) is 0 Å². The molecule has 1 fully saturated rings. The molecule has 6 heteroatoms. The summed E-state index contributed by atoms with van der Waals surface area (Å²) in [6.07, 6.45) is 8.81. The molecule has 4 rings (SSSR count). The Morgan fingerprint density at radius 2 is 1.86 bits per heavy atom. The Morgan fingerprint density at radius 3 is 2.59 bits per heavy atom. The molecule has 0 N–H and O–H groups in total. The predicted molar refractivity (Wildman–Crippen MR) is 121 cm³/mol. The molecule has 158 valence electrons. The summed E-state index contributed by atoms with van der Waals surface area (Å²) in [5, 5.41) is 1.31. The summed E-state index contributed by atoms with van der Waals surface area (Å²) in [7, 11) is 0. The maximum absolute atomic E-state index is 12.5. The molecule has 0 saturated carbocycles. The van der Waals surface area contributed by atoms with Crippen LogP contribution in [0.15, 0.2) is 0 Å². The summed E-state index contributed by atoms with van der Waals surface area (Å²) in [5.41, 5.74) is 1.51. The van der Waals surface area contributed by atoms with Gasteiger partial charge in [-0.3, -0.25) is 4.79 Å². The minimum atomic E-state index is 0.295. The minimum absolute atomic E-state index is 0.295. The standard InChI is InChI=1S/C23H34N4OS/c1-4-5-10-19-24-22(21-17-8-6-7-9-18(17)29-23(21)25-19)27-13-11-26(12-14-27)20(28)15-16(2)3/h16H,4-15H2,1-3H3. The lowest BCUT2D eigenvalue weighted by Crippen LogP contribution is -2.49. The van der Waals surface area contributed by atoms with Gasteiger partial charge in [0, 0.05) is 43.9 Å².